The van der Waals surface area contributed by atoms with Crippen LogP contribution < -0.4 is 20.5 Å². The predicted molar refractivity (Wildman–Crippen MR) is 130 cm³/mol. The Kier molecular flexibility index (Phi) is 7.18. The van der Waals surface area contributed by atoms with Crippen molar-refractivity contribution < 1.29 is 35.9 Å². The van der Waals surface area contributed by atoms with Gasteiger partial charge in [-0.1, -0.05) is 36.4 Å². The molecule has 4 rings (SSSR count). The monoisotopic (exact) mass is 565 g/mol. The molecule has 202 valence electrons. The number of ether oxygens (including phenoxy) is 1. The van der Waals surface area contributed by atoms with E-state index in [1.165, 1.54) is 25.1 Å². The van der Waals surface area contributed by atoms with Crippen LogP contribution in [-0.4, -0.2) is 17.1 Å². The lowest BCUT2D eigenvalue weighted by atomic mass is 9.81. The molecule has 2 heterocycles. The minimum atomic E-state index is -4.88. The highest BCUT2D eigenvalue weighted by Gasteiger charge is 2.42. The summed E-state index contributed by atoms with van der Waals surface area (Å²) in [6.07, 6.45) is -8.68. The van der Waals surface area contributed by atoms with Gasteiger partial charge in [0.2, 0.25) is 0 Å². The summed E-state index contributed by atoms with van der Waals surface area (Å²) in [6.45, 7) is 1.26. The van der Waals surface area contributed by atoms with Gasteiger partial charge < -0.3 is 10.5 Å². The number of hydrogen-bond donors (Lipinski definition) is 1. The van der Waals surface area contributed by atoms with Crippen molar-refractivity contribution in [3.05, 3.63) is 95.9 Å². The lowest BCUT2D eigenvalue weighted by Gasteiger charge is -2.26. The minimum Gasteiger partial charge on any atom is -0.463 e. The molecule has 2 N–H and O–H groups in total. The number of carbonyl (C=O) groups is 1. The Hall–Kier alpha value is -4.31. The summed E-state index contributed by atoms with van der Waals surface area (Å²) in [5, 5.41) is 9.92. The fraction of sp³-hybridized carbons (Fsp3) is 0.192. The Morgan fingerprint density at radius 2 is 1.67 bits per heavy atom. The molecule has 0 aliphatic carbocycles. The van der Waals surface area contributed by atoms with Crippen LogP contribution in [0.1, 0.15) is 35.1 Å². The predicted octanol–water partition coefficient (Wildman–Crippen LogP) is 3.94. The van der Waals surface area contributed by atoms with E-state index in [2.05, 4.69) is 0 Å². The average Bonchev–Trinajstić information content (AvgIpc) is 3.18. The number of nitriles is 1. The second kappa shape index (κ2) is 10.1. The lowest BCUT2D eigenvalue weighted by Crippen LogP contribution is -2.40. The van der Waals surface area contributed by atoms with Crippen LogP contribution in [0, 0.1) is 11.3 Å². The number of nitrogens with zero attached hydrogens (tertiary/aromatic N) is 2. The summed E-state index contributed by atoms with van der Waals surface area (Å²) in [7, 11) is 0. The fourth-order valence-corrected chi connectivity index (χ4v) is 5.45. The second-order valence-corrected chi connectivity index (χ2v) is 9.23. The van der Waals surface area contributed by atoms with Crippen LogP contribution in [0.5, 0.6) is 0 Å². The summed E-state index contributed by atoms with van der Waals surface area (Å²) in [5.74, 6) is -3.33. The van der Waals surface area contributed by atoms with Gasteiger partial charge in [0, 0.05) is 0 Å². The number of carbonyl (C=O) groups excluding carboxylic acids is 1. The highest BCUT2D eigenvalue weighted by molar-refractivity contribution is 7.07. The van der Waals surface area contributed by atoms with E-state index < -0.39 is 63.5 Å². The molecule has 6 nitrogen and oxygen atoms in total. The molecule has 0 bridgehead atoms. The highest BCUT2D eigenvalue weighted by Crippen LogP contribution is 2.43. The summed E-state index contributed by atoms with van der Waals surface area (Å²) in [6, 6.07) is 10.4. The number of aromatic nitrogens is 1. The molecule has 0 amide bonds. The number of esters is 1. The number of thiazole rings is 1. The summed E-state index contributed by atoms with van der Waals surface area (Å²) < 4.78 is 87.7. The third-order valence-corrected chi connectivity index (χ3v) is 7.00. The second-order valence-electron chi connectivity index (χ2n) is 8.20. The Bertz CT molecular complexity index is 1730. The molecule has 0 saturated heterocycles. The topological polar surface area (TPSA) is 98.1 Å². The molecule has 2 aromatic carbocycles. The van der Waals surface area contributed by atoms with Crippen LogP contribution in [0.3, 0.4) is 0 Å². The van der Waals surface area contributed by atoms with Crippen molar-refractivity contribution in [2.75, 3.05) is 6.61 Å². The van der Waals surface area contributed by atoms with Crippen LogP contribution in [-0.2, 0) is 21.9 Å². The van der Waals surface area contributed by atoms with Crippen LogP contribution in [0.25, 0.3) is 17.5 Å². The maximum atomic E-state index is 13.9. The number of fused-ring (bicyclic) bond motifs is 1. The van der Waals surface area contributed by atoms with Crippen LogP contribution >= 0.6 is 11.3 Å². The smallest absolute Gasteiger partial charge is 0.416 e. The van der Waals surface area contributed by atoms with Crippen molar-refractivity contribution in [3.8, 4) is 6.07 Å². The summed E-state index contributed by atoms with van der Waals surface area (Å²) >= 11 is 0.551. The van der Waals surface area contributed by atoms with E-state index in [-0.39, 0.29) is 21.4 Å². The molecular formula is C26H17F6N3O3S. The molecule has 1 aromatic heterocycles. The number of hydrogen-bond acceptors (Lipinski definition) is 6. The van der Waals surface area contributed by atoms with Crippen molar-refractivity contribution in [1.82, 2.24) is 4.57 Å². The van der Waals surface area contributed by atoms with E-state index >= 15 is 0 Å². The van der Waals surface area contributed by atoms with Crippen molar-refractivity contribution >= 4 is 34.8 Å². The largest absolute Gasteiger partial charge is 0.463 e. The first-order valence-electron chi connectivity index (χ1n) is 11.2. The molecule has 1 atom stereocenters. The highest BCUT2D eigenvalue weighted by atomic mass is 32.1. The molecule has 3 aromatic rings. The molecular weight excluding hydrogens is 548 g/mol. The SMILES string of the molecule is CCOC(=O)C1=c2s/c(=C\c3ccccc3C(F)(F)F)c(=O)n2C(N)=C(C#N)[C@@H]1c1ccccc1C(F)(F)F. The Balaban J connectivity index is 2.15. The fourth-order valence-electron chi connectivity index (χ4n) is 4.29. The Morgan fingerprint density at radius 3 is 2.26 bits per heavy atom. The van der Waals surface area contributed by atoms with E-state index in [0.717, 1.165) is 41.0 Å². The molecule has 1 aliphatic rings. The zero-order valence-corrected chi connectivity index (χ0v) is 20.7. The zero-order valence-electron chi connectivity index (χ0n) is 19.9. The third-order valence-electron chi connectivity index (χ3n) is 5.89. The van der Waals surface area contributed by atoms with E-state index in [9.17, 15) is 41.2 Å². The Labute approximate surface area is 220 Å². The quantitative estimate of drug-likeness (QED) is 0.382. The zero-order chi connectivity index (χ0) is 28.7. The number of rotatable bonds is 4. The van der Waals surface area contributed by atoms with Crippen LogP contribution in [0.15, 0.2) is 58.9 Å². The van der Waals surface area contributed by atoms with Gasteiger partial charge in [-0.05, 0) is 36.3 Å². The molecule has 39 heavy (non-hydrogen) atoms. The van der Waals surface area contributed by atoms with Crippen molar-refractivity contribution in [1.29, 1.82) is 5.26 Å². The molecule has 0 unspecified atom stereocenters. The summed E-state index contributed by atoms with van der Waals surface area (Å²) in [4.78, 5) is 26.5. The molecule has 1 aliphatic heterocycles. The van der Waals surface area contributed by atoms with Crippen molar-refractivity contribution in [2.24, 2.45) is 5.73 Å². The van der Waals surface area contributed by atoms with Gasteiger partial charge in [0.25, 0.3) is 5.56 Å². The van der Waals surface area contributed by atoms with Gasteiger partial charge in [-0.3, -0.25) is 9.36 Å². The van der Waals surface area contributed by atoms with E-state index in [1.807, 2.05) is 0 Å². The van der Waals surface area contributed by atoms with E-state index in [4.69, 9.17) is 10.5 Å². The van der Waals surface area contributed by atoms with Gasteiger partial charge in [0.15, 0.2) is 0 Å². The van der Waals surface area contributed by atoms with Crippen molar-refractivity contribution in [3.63, 3.8) is 0 Å². The van der Waals surface area contributed by atoms with E-state index in [1.54, 1.807) is 6.07 Å². The third kappa shape index (κ3) is 4.95. The van der Waals surface area contributed by atoms with Crippen LogP contribution in [0.4, 0.5) is 26.3 Å². The lowest BCUT2D eigenvalue weighted by molar-refractivity contribution is -0.139. The van der Waals surface area contributed by atoms with Gasteiger partial charge in [-0.15, -0.1) is 11.3 Å². The van der Waals surface area contributed by atoms with E-state index in [0.29, 0.717) is 11.3 Å². The molecule has 0 fully saturated rings. The van der Waals surface area contributed by atoms with Gasteiger partial charge >= 0.3 is 18.3 Å². The standard InChI is InChI=1S/C26H17F6N3O3S/c1-2-38-24(37)20-19(14-8-4-6-10-17(14)26(30,31)32)15(12-33)21(34)35-22(36)18(39-23(20)35)11-13-7-3-5-9-16(13)25(27,28)29/h3-11,19H,2,34H2,1H3/b18-11-/t19-/m0/s1. The van der Waals surface area contributed by atoms with Crippen molar-refractivity contribution in [2.45, 2.75) is 25.2 Å². The Morgan fingerprint density at radius 1 is 1.08 bits per heavy atom. The number of nitrogens with two attached hydrogens (primary N) is 1. The number of allylic oxidation sites excluding steroid dienone is 1. The first kappa shape index (κ1) is 27.7. The molecule has 13 heteroatoms. The van der Waals surface area contributed by atoms with Crippen LogP contribution in [0.2, 0.25) is 0 Å². The van der Waals surface area contributed by atoms with Gasteiger partial charge in [-0.25, -0.2) is 4.79 Å². The van der Waals surface area contributed by atoms with Gasteiger partial charge in [0.05, 0.1) is 45.4 Å². The first-order chi connectivity index (χ1) is 18.3. The normalized spacial score (nSPS) is 16.2. The minimum absolute atomic E-state index is 0.190. The van der Waals surface area contributed by atoms with Gasteiger partial charge in [0.1, 0.15) is 10.5 Å². The number of alkyl halides is 6. The molecule has 0 saturated carbocycles. The van der Waals surface area contributed by atoms with Gasteiger partial charge in [-0.2, -0.15) is 31.6 Å². The maximum Gasteiger partial charge on any atom is 0.416 e. The molecule has 0 radical (unpaired) electrons. The molecule has 0 spiro atoms. The summed E-state index contributed by atoms with van der Waals surface area (Å²) in [5.41, 5.74) is 1.15. The average molecular weight is 565 g/mol. The number of halogens is 6. The first-order valence-corrected chi connectivity index (χ1v) is 12.0. The number of benzene rings is 2. The maximum absolute atomic E-state index is 13.9.